The Morgan fingerprint density at radius 1 is 1.42 bits per heavy atom. The Hall–Kier alpha value is -0.0800. The molecule has 2 heteroatoms. The zero-order chi connectivity index (χ0) is 9.14. The largest absolute Gasteiger partial charge is 0.328 e. The molecule has 1 saturated carbocycles. The average molecular weight is 170 g/mol. The van der Waals surface area contributed by atoms with Crippen LogP contribution in [0, 0.1) is 5.92 Å². The van der Waals surface area contributed by atoms with Gasteiger partial charge in [0.25, 0.3) is 0 Å². The normalized spacial score (nSPS) is 31.8. The fourth-order valence-electron chi connectivity index (χ4n) is 2.23. The van der Waals surface area contributed by atoms with Gasteiger partial charge in [-0.25, -0.2) is 0 Å². The molecule has 1 fully saturated rings. The van der Waals surface area contributed by atoms with E-state index >= 15 is 0 Å². The summed E-state index contributed by atoms with van der Waals surface area (Å²) in [4.78, 5) is 2.36. The molecule has 0 saturated heterocycles. The maximum Gasteiger partial charge on any atom is 0.0118 e. The van der Waals surface area contributed by atoms with Gasteiger partial charge < -0.3 is 10.6 Å². The minimum atomic E-state index is 0.495. The highest BCUT2D eigenvalue weighted by Crippen LogP contribution is 2.32. The Kier molecular flexibility index (Phi) is 3.53. The van der Waals surface area contributed by atoms with Gasteiger partial charge in [0.05, 0.1) is 0 Å². The van der Waals surface area contributed by atoms with E-state index in [1.54, 1.807) is 0 Å². The topological polar surface area (TPSA) is 29.3 Å². The van der Waals surface area contributed by atoms with Gasteiger partial charge in [-0.2, -0.15) is 0 Å². The second-order valence-corrected chi connectivity index (χ2v) is 4.31. The van der Waals surface area contributed by atoms with E-state index in [9.17, 15) is 0 Å². The first-order valence-corrected chi connectivity index (χ1v) is 5.07. The van der Waals surface area contributed by atoms with E-state index in [1.165, 1.54) is 25.7 Å². The highest BCUT2D eigenvalue weighted by Gasteiger charge is 2.33. The van der Waals surface area contributed by atoms with E-state index in [2.05, 4.69) is 25.9 Å². The lowest BCUT2D eigenvalue weighted by Gasteiger charge is -2.41. The molecule has 12 heavy (non-hydrogen) atoms. The second-order valence-electron chi connectivity index (χ2n) is 4.31. The van der Waals surface area contributed by atoms with Crippen LogP contribution in [0.5, 0.6) is 0 Å². The Morgan fingerprint density at radius 2 is 2.00 bits per heavy atom. The summed E-state index contributed by atoms with van der Waals surface area (Å²) in [5.41, 5.74) is 5.78. The molecule has 1 unspecified atom stereocenters. The minimum absolute atomic E-state index is 0.495. The molecular weight excluding hydrogens is 148 g/mol. The lowest BCUT2D eigenvalue weighted by Crippen LogP contribution is -2.47. The van der Waals surface area contributed by atoms with Crippen molar-refractivity contribution < 1.29 is 0 Å². The molecule has 0 amide bonds. The third-order valence-corrected chi connectivity index (χ3v) is 3.00. The van der Waals surface area contributed by atoms with Crippen LogP contribution >= 0.6 is 0 Å². The fraction of sp³-hybridized carbons (Fsp3) is 1.00. The molecule has 2 nitrogen and oxygen atoms in total. The molecule has 0 aromatic carbocycles. The van der Waals surface area contributed by atoms with Gasteiger partial charge in [0.1, 0.15) is 0 Å². The van der Waals surface area contributed by atoms with Crippen LogP contribution in [0.1, 0.15) is 32.6 Å². The summed E-state index contributed by atoms with van der Waals surface area (Å²) in [6.45, 7) is 2.26. The Balaban J connectivity index is 2.33. The third kappa shape index (κ3) is 2.20. The summed E-state index contributed by atoms with van der Waals surface area (Å²) in [5.74, 6) is 0.870. The minimum Gasteiger partial charge on any atom is -0.328 e. The van der Waals surface area contributed by atoms with Gasteiger partial charge in [-0.3, -0.25) is 0 Å². The van der Waals surface area contributed by atoms with E-state index in [0.29, 0.717) is 6.04 Å². The molecule has 0 bridgehead atoms. The van der Waals surface area contributed by atoms with E-state index in [0.717, 1.165) is 12.0 Å². The summed E-state index contributed by atoms with van der Waals surface area (Å²) in [6, 6.07) is 1.27. The van der Waals surface area contributed by atoms with Crippen molar-refractivity contribution in [2.75, 3.05) is 14.1 Å². The zero-order valence-electron chi connectivity index (χ0n) is 8.59. The number of rotatable bonds is 4. The number of hydrogen-bond acceptors (Lipinski definition) is 2. The van der Waals surface area contributed by atoms with Crippen LogP contribution in [0.25, 0.3) is 0 Å². The lowest BCUT2D eigenvalue weighted by atomic mass is 9.74. The van der Waals surface area contributed by atoms with Crippen LogP contribution in [-0.4, -0.2) is 31.1 Å². The predicted octanol–water partition coefficient (Wildman–Crippen LogP) is 1.45. The van der Waals surface area contributed by atoms with Gasteiger partial charge in [-0.15, -0.1) is 0 Å². The van der Waals surface area contributed by atoms with Crippen LogP contribution in [-0.2, 0) is 0 Å². The van der Waals surface area contributed by atoms with Gasteiger partial charge in [-0.1, -0.05) is 13.3 Å². The van der Waals surface area contributed by atoms with Crippen molar-refractivity contribution in [1.29, 1.82) is 0 Å². The van der Waals surface area contributed by atoms with E-state index < -0.39 is 0 Å². The number of nitrogens with two attached hydrogens (primary N) is 1. The second kappa shape index (κ2) is 4.24. The molecule has 0 radical (unpaired) electrons. The average Bonchev–Trinajstić information content (AvgIpc) is 1.94. The zero-order valence-corrected chi connectivity index (χ0v) is 8.59. The summed E-state index contributed by atoms with van der Waals surface area (Å²) >= 11 is 0. The van der Waals surface area contributed by atoms with Gasteiger partial charge in [0.2, 0.25) is 0 Å². The first kappa shape index (κ1) is 10.0. The molecule has 0 aliphatic heterocycles. The predicted molar refractivity (Wildman–Crippen MR) is 53.1 cm³/mol. The first-order chi connectivity index (χ1) is 5.65. The smallest absolute Gasteiger partial charge is 0.0118 e. The Bertz CT molecular complexity index is 128. The van der Waals surface area contributed by atoms with Crippen molar-refractivity contribution in [2.45, 2.75) is 44.7 Å². The first-order valence-electron chi connectivity index (χ1n) is 5.07. The van der Waals surface area contributed by atoms with Crippen LogP contribution in [0.2, 0.25) is 0 Å². The van der Waals surface area contributed by atoms with E-state index in [-0.39, 0.29) is 0 Å². The van der Waals surface area contributed by atoms with Crippen molar-refractivity contribution in [3.05, 3.63) is 0 Å². The summed E-state index contributed by atoms with van der Waals surface area (Å²) in [5, 5.41) is 0. The highest BCUT2D eigenvalue weighted by atomic mass is 15.1. The van der Waals surface area contributed by atoms with Crippen LogP contribution in [0.15, 0.2) is 0 Å². The van der Waals surface area contributed by atoms with Crippen molar-refractivity contribution >= 4 is 0 Å². The molecule has 72 valence electrons. The molecule has 0 spiro atoms. The van der Waals surface area contributed by atoms with Crippen molar-refractivity contribution in [3.63, 3.8) is 0 Å². The van der Waals surface area contributed by atoms with E-state index in [4.69, 9.17) is 5.73 Å². The highest BCUT2D eigenvalue weighted by molar-refractivity contribution is 4.89. The summed E-state index contributed by atoms with van der Waals surface area (Å²) in [6.07, 6.45) is 5.09. The number of hydrogen-bond donors (Lipinski definition) is 1. The standard InChI is InChI=1S/C10H22N2/c1-4-5-10(12(2)3)8-6-9(11)7-8/h8-10H,4-7,11H2,1-3H3. The molecule has 1 rings (SSSR count). The fourth-order valence-corrected chi connectivity index (χ4v) is 2.23. The van der Waals surface area contributed by atoms with E-state index in [1.807, 2.05) is 0 Å². The van der Waals surface area contributed by atoms with Crippen molar-refractivity contribution in [3.8, 4) is 0 Å². The van der Waals surface area contributed by atoms with Gasteiger partial charge >= 0.3 is 0 Å². The molecule has 1 aliphatic rings. The molecule has 0 heterocycles. The quantitative estimate of drug-likeness (QED) is 0.692. The molecule has 0 aromatic heterocycles. The van der Waals surface area contributed by atoms with Crippen molar-refractivity contribution in [2.24, 2.45) is 11.7 Å². The third-order valence-electron chi connectivity index (χ3n) is 3.00. The van der Waals surface area contributed by atoms with Crippen LogP contribution < -0.4 is 5.73 Å². The van der Waals surface area contributed by atoms with Crippen LogP contribution in [0.4, 0.5) is 0 Å². The summed E-state index contributed by atoms with van der Waals surface area (Å²) in [7, 11) is 4.37. The molecule has 1 atom stereocenters. The molecule has 0 aromatic rings. The van der Waals surface area contributed by atoms with Gasteiger partial charge in [-0.05, 0) is 39.3 Å². The van der Waals surface area contributed by atoms with Crippen molar-refractivity contribution in [1.82, 2.24) is 4.90 Å². The number of nitrogens with zero attached hydrogens (tertiary/aromatic N) is 1. The van der Waals surface area contributed by atoms with Gasteiger partial charge in [0.15, 0.2) is 0 Å². The maximum atomic E-state index is 5.78. The lowest BCUT2D eigenvalue weighted by molar-refractivity contribution is 0.115. The molecule has 2 N–H and O–H groups in total. The van der Waals surface area contributed by atoms with Gasteiger partial charge in [0, 0.05) is 12.1 Å². The maximum absolute atomic E-state index is 5.78. The molecular formula is C10H22N2. The summed E-state index contributed by atoms with van der Waals surface area (Å²) < 4.78 is 0. The Labute approximate surface area is 76.1 Å². The monoisotopic (exact) mass is 170 g/mol. The van der Waals surface area contributed by atoms with Crippen LogP contribution in [0.3, 0.4) is 0 Å². The Morgan fingerprint density at radius 3 is 2.33 bits per heavy atom. The SMILES string of the molecule is CCCC(C1CC(N)C1)N(C)C. The molecule has 1 aliphatic carbocycles.